The number of carbonyl (C=O) groups excluding carboxylic acids is 1. The third kappa shape index (κ3) is 4.42. The van der Waals surface area contributed by atoms with Gasteiger partial charge in [0.05, 0.1) is 30.7 Å². The minimum Gasteiger partial charge on any atom is -0.489 e. The van der Waals surface area contributed by atoms with Crippen LogP contribution in [0, 0.1) is 5.82 Å². The summed E-state index contributed by atoms with van der Waals surface area (Å²) in [5, 5.41) is 3.29. The predicted octanol–water partition coefficient (Wildman–Crippen LogP) is 4.06. The fraction of sp³-hybridized carbons (Fsp3) is 0.316. The molecule has 2 aromatic rings. The molecule has 0 bridgehead atoms. The Bertz CT molecular complexity index is 781. The molecule has 1 amide bonds. The van der Waals surface area contributed by atoms with Gasteiger partial charge in [0, 0.05) is 6.42 Å². The number of hydrogen-bond acceptors (Lipinski definition) is 3. The van der Waals surface area contributed by atoms with Crippen LogP contribution in [0.5, 0.6) is 11.5 Å². The number of amides is 1. The van der Waals surface area contributed by atoms with Gasteiger partial charge < -0.3 is 14.8 Å². The molecule has 0 radical (unpaired) electrons. The number of ether oxygens (including phenoxy) is 2. The van der Waals surface area contributed by atoms with Crippen LogP contribution in [0.1, 0.15) is 30.5 Å². The molecule has 0 aliphatic carbocycles. The third-order valence-electron chi connectivity index (χ3n) is 3.95. The number of halogens is 2. The molecule has 132 valence electrons. The average molecular weight is 364 g/mol. The van der Waals surface area contributed by atoms with Gasteiger partial charge in [0.25, 0.3) is 0 Å². The first-order chi connectivity index (χ1) is 12.0. The molecule has 1 heterocycles. The molecule has 25 heavy (non-hydrogen) atoms. The van der Waals surface area contributed by atoms with Crippen LogP contribution in [-0.2, 0) is 11.2 Å². The summed E-state index contributed by atoms with van der Waals surface area (Å²) >= 11 is 6.24. The van der Waals surface area contributed by atoms with Crippen molar-refractivity contribution in [2.24, 2.45) is 0 Å². The van der Waals surface area contributed by atoms with Crippen molar-refractivity contribution in [1.29, 1.82) is 0 Å². The number of fused-ring (bicyclic) bond motifs is 1. The minimum atomic E-state index is -0.326. The highest BCUT2D eigenvalue weighted by Gasteiger charge is 2.17. The molecule has 1 unspecified atom stereocenters. The third-order valence-corrected chi connectivity index (χ3v) is 4.23. The lowest BCUT2D eigenvalue weighted by molar-refractivity contribution is -0.121. The number of rotatable bonds is 4. The van der Waals surface area contributed by atoms with Crippen molar-refractivity contribution >= 4 is 17.5 Å². The first-order valence-corrected chi connectivity index (χ1v) is 8.53. The van der Waals surface area contributed by atoms with Crippen molar-refractivity contribution < 1.29 is 18.7 Å². The minimum absolute atomic E-state index is 0.149. The zero-order valence-electron chi connectivity index (χ0n) is 13.9. The van der Waals surface area contributed by atoms with E-state index in [-0.39, 0.29) is 24.2 Å². The van der Waals surface area contributed by atoms with Gasteiger partial charge in [0.2, 0.25) is 5.91 Å². The molecule has 0 saturated carbocycles. The summed E-state index contributed by atoms with van der Waals surface area (Å²) in [6.45, 7) is 2.92. The van der Waals surface area contributed by atoms with E-state index in [0.717, 1.165) is 12.0 Å². The van der Waals surface area contributed by atoms with E-state index in [0.29, 0.717) is 35.3 Å². The lowest BCUT2D eigenvalue weighted by Crippen LogP contribution is -2.28. The Hall–Kier alpha value is -2.27. The molecule has 0 fully saturated rings. The Morgan fingerprint density at radius 1 is 1.28 bits per heavy atom. The Balaban J connectivity index is 1.68. The molecule has 0 aromatic heterocycles. The van der Waals surface area contributed by atoms with Gasteiger partial charge in [-0.3, -0.25) is 4.79 Å². The van der Waals surface area contributed by atoms with E-state index >= 15 is 0 Å². The summed E-state index contributed by atoms with van der Waals surface area (Å²) in [5.41, 5.74) is 1.45. The number of nitrogens with one attached hydrogen (secondary N) is 1. The van der Waals surface area contributed by atoms with Gasteiger partial charge in [-0.2, -0.15) is 0 Å². The second-order valence-electron chi connectivity index (χ2n) is 5.98. The van der Waals surface area contributed by atoms with Crippen molar-refractivity contribution in [3.63, 3.8) is 0 Å². The van der Waals surface area contributed by atoms with E-state index in [2.05, 4.69) is 5.32 Å². The number of carbonyl (C=O) groups is 1. The average Bonchev–Trinajstić information content (AvgIpc) is 2.80. The SMILES string of the molecule is CC(NC(=O)Cc1cc(Cl)c2c(c1)OCCCO2)c1cccc(F)c1. The molecule has 0 saturated heterocycles. The summed E-state index contributed by atoms with van der Waals surface area (Å²) < 4.78 is 24.5. The summed E-state index contributed by atoms with van der Waals surface area (Å²) in [7, 11) is 0. The fourth-order valence-corrected chi connectivity index (χ4v) is 3.01. The molecule has 2 aromatic carbocycles. The summed E-state index contributed by atoms with van der Waals surface area (Å²) in [6, 6.07) is 9.38. The lowest BCUT2D eigenvalue weighted by atomic mass is 10.1. The van der Waals surface area contributed by atoms with Crippen molar-refractivity contribution in [2.75, 3.05) is 13.2 Å². The van der Waals surface area contributed by atoms with Crippen LogP contribution in [0.2, 0.25) is 5.02 Å². The van der Waals surface area contributed by atoms with Crippen LogP contribution in [0.15, 0.2) is 36.4 Å². The van der Waals surface area contributed by atoms with Crippen molar-refractivity contribution in [2.45, 2.75) is 25.8 Å². The largest absolute Gasteiger partial charge is 0.489 e. The van der Waals surface area contributed by atoms with Gasteiger partial charge in [-0.15, -0.1) is 0 Å². The molecule has 1 aliphatic heterocycles. The standard InChI is InChI=1S/C19H19ClFNO3/c1-12(14-4-2-5-15(21)11-14)22-18(23)10-13-8-16(20)19-17(9-13)24-6-3-7-25-19/h2,4-5,8-9,11-12H,3,6-7,10H2,1H3,(H,22,23). The maximum atomic E-state index is 13.3. The summed E-state index contributed by atoms with van der Waals surface area (Å²) in [5.74, 6) is 0.582. The van der Waals surface area contributed by atoms with Crippen LogP contribution in [-0.4, -0.2) is 19.1 Å². The van der Waals surface area contributed by atoms with Crippen LogP contribution >= 0.6 is 11.6 Å². The van der Waals surface area contributed by atoms with Gasteiger partial charge in [-0.25, -0.2) is 4.39 Å². The van der Waals surface area contributed by atoms with Gasteiger partial charge in [0.1, 0.15) is 5.82 Å². The fourth-order valence-electron chi connectivity index (χ4n) is 2.72. The quantitative estimate of drug-likeness (QED) is 0.891. The lowest BCUT2D eigenvalue weighted by Gasteiger charge is -2.15. The summed E-state index contributed by atoms with van der Waals surface area (Å²) in [4.78, 5) is 12.3. The zero-order chi connectivity index (χ0) is 17.8. The maximum Gasteiger partial charge on any atom is 0.224 e. The van der Waals surface area contributed by atoms with E-state index in [9.17, 15) is 9.18 Å². The molecule has 3 rings (SSSR count). The van der Waals surface area contributed by atoms with E-state index < -0.39 is 0 Å². The molecule has 1 aliphatic rings. The highest BCUT2D eigenvalue weighted by Crippen LogP contribution is 2.38. The molecule has 1 atom stereocenters. The Morgan fingerprint density at radius 3 is 2.88 bits per heavy atom. The van der Waals surface area contributed by atoms with Crippen molar-refractivity contribution in [3.05, 3.63) is 58.4 Å². The zero-order valence-corrected chi connectivity index (χ0v) is 14.6. The molecule has 6 heteroatoms. The van der Waals surface area contributed by atoms with Crippen LogP contribution in [0.25, 0.3) is 0 Å². The summed E-state index contributed by atoms with van der Waals surface area (Å²) in [6.07, 6.45) is 0.933. The smallest absolute Gasteiger partial charge is 0.224 e. The van der Waals surface area contributed by atoms with E-state index in [1.54, 1.807) is 24.3 Å². The molecule has 1 N–H and O–H groups in total. The molecular formula is C19H19ClFNO3. The maximum absolute atomic E-state index is 13.3. The Morgan fingerprint density at radius 2 is 2.08 bits per heavy atom. The van der Waals surface area contributed by atoms with Gasteiger partial charge >= 0.3 is 0 Å². The van der Waals surface area contributed by atoms with Crippen molar-refractivity contribution in [3.8, 4) is 11.5 Å². The van der Waals surface area contributed by atoms with Gasteiger partial charge in [0.15, 0.2) is 11.5 Å². The van der Waals surface area contributed by atoms with Crippen LogP contribution < -0.4 is 14.8 Å². The highest BCUT2D eigenvalue weighted by atomic mass is 35.5. The first-order valence-electron chi connectivity index (χ1n) is 8.16. The molecular weight excluding hydrogens is 345 g/mol. The van der Waals surface area contributed by atoms with Crippen LogP contribution in [0.3, 0.4) is 0 Å². The molecule has 4 nitrogen and oxygen atoms in total. The molecule has 0 spiro atoms. The Kier molecular flexibility index (Phi) is 5.43. The number of benzene rings is 2. The van der Waals surface area contributed by atoms with E-state index in [4.69, 9.17) is 21.1 Å². The topological polar surface area (TPSA) is 47.6 Å². The van der Waals surface area contributed by atoms with Crippen molar-refractivity contribution in [1.82, 2.24) is 5.32 Å². The Labute approximate surface area is 150 Å². The van der Waals surface area contributed by atoms with E-state index in [1.807, 2.05) is 6.92 Å². The van der Waals surface area contributed by atoms with Gasteiger partial charge in [-0.1, -0.05) is 23.7 Å². The second-order valence-corrected chi connectivity index (χ2v) is 6.38. The number of hydrogen-bond donors (Lipinski definition) is 1. The highest BCUT2D eigenvalue weighted by molar-refractivity contribution is 6.32. The first kappa shape index (κ1) is 17.5. The van der Waals surface area contributed by atoms with Crippen LogP contribution in [0.4, 0.5) is 4.39 Å². The van der Waals surface area contributed by atoms with Gasteiger partial charge in [-0.05, 0) is 42.3 Å². The normalized spacial score (nSPS) is 14.5. The predicted molar refractivity (Wildman–Crippen MR) is 93.7 cm³/mol. The monoisotopic (exact) mass is 363 g/mol. The second kappa shape index (κ2) is 7.74. The van der Waals surface area contributed by atoms with E-state index in [1.165, 1.54) is 12.1 Å².